The van der Waals surface area contributed by atoms with E-state index >= 15 is 0 Å². The molecule has 0 fully saturated rings. The first kappa shape index (κ1) is 13.1. The van der Waals surface area contributed by atoms with E-state index in [1.54, 1.807) is 6.08 Å². The molecule has 0 aromatic rings. The third kappa shape index (κ3) is 12.6. The topological polar surface area (TPSA) is 0 Å². The summed E-state index contributed by atoms with van der Waals surface area (Å²) in [6, 6.07) is 0. The standard InChI is InChI=1S/C5H5.C5H7.Cr/c1-2-4-5-3-1;1-3-5-4-2;/h1-3H,4H2;1,3-5H,2H3;/q2*-1;+2. The zero-order valence-electron chi connectivity index (χ0n) is 6.66. The molecule has 0 nitrogen and oxygen atoms in total. The van der Waals surface area contributed by atoms with Crippen molar-refractivity contribution in [2.75, 3.05) is 0 Å². The molecule has 0 radical (unpaired) electrons. The summed E-state index contributed by atoms with van der Waals surface area (Å²) in [4.78, 5) is 0. The van der Waals surface area contributed by atoms with Crippen LogP contribution in [0.5, 0.6) is 0 Å². The number of hydrogen-bond donors (Lipinski definition) is 0. The van der Waals surface area contributed by atoms with Crippen molar-refractivity contribution in [1.29, 1.82) is 0 Å². The van der Waals surface area contributed by atoms with Gasteiger partial charge in [0.15, 0.2) is 0 Å². The van der Waals surface area contributed by atoms with Gasteiger partial charge in [0.1, 0.15) is 0 Å². The minimum atomic E-state index is 0. The summed E-state index contributed by atoms with van der Waals surface area (Å²) in [5, 5.41) is 0. The first-order valence-corrected chi connectivity index (χ1v) is 3.29. The van der Waals surface area contributed by atoms with E-state index in [0.717, 1.165) is 6.42 Å². The molecule has 0 spiro atoms. The van der Waals surface area contributed by atoms with E-state index in [1.165, 1.54) is 6.08 Å². The van der Waals surface area contributed by atoms with E-state index in [0.29, 0.717) is 0 Å². The Kier molecular flexibility index (Phi) is 14.5. The van der Waals surface area contributed by atoms with E-state index < -0.39 is 0 Å². The molecule has 0 aliphatic heterocycles. The second-order valence-electron chi connectivity index (χ2n) is 1.72. The van der Waals surface area contributed by atoms with E-state index in [9.17, 15) is 0 Å². The van der Waals surface area contributed by atoms with Gasteiger partial charge in [-0.05, 0) is 0 Å². The molecule has 0 saturated heterocycles. The van der Waals surface area contributed by atoms with Gasteiger partial charge in [-0.3, -0.25) is 12.7 Å². The van der Waals surface area contributed by atoms with Gasteiger partial charge in [-0.15, -0.1) is 6.42 Å². The molecular formula is C10H12Cr. The summed E-state index contributed by atoms with van der Waals surface area (Å²) in [6.07, 6.45) is 15.2. The molecule has 0 N–H and O–H groups in total. The maximum atomic E-state index is 4.93. The third-order valence-electron chi connectivity index (χ3n) is 0.889. The van der Waals surface area contributed by atoms with Crippen molar-refractivity contribution < 1.29 is 17.4 Å². The Labute approximate surface area is 80.1 Å². The largest absolute Gasteiger partial charge is 2.00 e. The van der Waals surface area contributed by atoms with Crippen LogP contribution < -0.4 is 0 Å². The molecule has 1 aliphatic carbocycles. The van der Waals surface area contributed by atoms with Crippen LogP contribution in [0.25, 0.3) is 0 Å². The van der Waals surface area contributed by atoms with Gasteiger partial charge >= 0.3 is 17.4 Å². The first-order valence-electron chi connectivity index (χ1n) is 3.29. The van der Waals surface area contributed by atoms with Crippen molar-refractivity contribution in [1.82, 2.24) is 0 Å². The van der Waals surface area contributed by atoms with E-state index in [4.69, 9.17) is 6.58 Å². The van der Waals surface area contributed by atoms with Crippen LogP contribution >= 0.6 is 0 Å². The third-order valence-corrected chi connectivity index (χ3v) is 0.889. The van der Waals surface area contributed by atoms with Gasteiger partial charge in [0, 0.05) is 0 Å². The van der Waals surface area contributed by atoms with Crippen LogP contribution in [0.3, 0.4) is 0 Å². The Bertz CT molecular complexity index is 140. The molecule has 11 heavy (non-hydrogen) atoms. The Morgan fingerprint density at radius 2 is 2.27 bits per heavy atom. The summed E-state index contributed by atoms with van der Waals surface area (Å²) in [6.45, 7) is 6.85. The monoisotopic (exact) mass is 184 g/mol. The Balaban J connectivity index is 0. The predicted molar refractivity (Wildman–Crippen MR) is 45.3 cm³/mol. The fourth-order valence-electron chi connectivity index (χ4n) is 0.451. The summed E-state index contributed by atoms with van der Waals surface area (Å²) in [5.74, 6) is 0. The SMILES string of the molecule is [C-]1=CC=CC1.[CH-]=CC=CC.[Cr+2]. The molecule has 1 aliphatic rings. The number of rotatable bonds is 1. The second kappa shape index (κ2) is 12.2. The molecule has 1 heteroatoms. The molecule has 0 heterocycles. The van der Waals surface area contributed by atoms with Crippen molar-refractivity contribution in [3.05, 3.63) is 49.1 Å². The number of allylic oxidation sites excluding steroid dienone is 7. The fraction of sp³-hybridized carbons (Fsp3) is 0.200. The summed E-state index contributed by atoms with van der Waals surface area (Å²) >= 11 is 0. The van der Waals surface area contributed by atoms with Crippen LogP contribution in [0, 0.1) is 12.7 Å². The molecule has 0 unspecified atom stereocenters. The van der Waals surface area contributed by atoms with Gasteiger partial charge in [-0.2, -0.15) is 12.2 Å². The second-order valence-corrected chi connectivity index (χ2v) is 1.72. The van der Waals surface area contributed by atoms with Gasteiger partial charge in [-0.1, -0.05) is 6.92 Å². The predicted octanol–water partition coefficient (Wildman–Crippen LogP) is 2.85. The summed E-state index contributed by atoms with van der Waals surface area (Å²) < 4.78 is 0. The van der Waals surface area contributed by atoms with Crippen molar-refractivity contribution >= 4 is 0 Å². The number of hydrogen-bond acceptors (Lipinski definition) is 0. The maximum Gasteiger partial charge on any atom is 2.00 e. The maximum absolute atomic E-state index is 4.93. The first-order chi connectivity index (χ1) is 4.91. The molecule has 0 aromatic carbocycles. The van der Waals surface area contributed by atoms with Gasteiger partial charge < -0.3 is 0 Å². The normalized spacial score (nSPS) is 12.1. The molecule has 0 saturated carbocycles. The van der Waals surface area contributed by atoms with Crippen molar-refractivity contribution in [2.24, 2.45) is 0 Å². The zero-order chi connectivity index (χ0) is 7.66. The molecule has 0 bridgehead atoms. The Morgan fingerprint density at radius 3 is 2.36 bits per heavy atom. The van der Waals surface area contributed by atoms with E-state index in [1.807, 2.05) is 25.2 Å². The van der Waals surface area contributed by atoms with Crippen LogP contribution in [0.1, 0.15) is 13.3 Å². The molecular weight excluding hydrogens is 172 g/mol. The Morgan fingerprint density at radius 1 is 1.55 bits per heavy atom. The molecule has 0 amide bonds. The minimum Gasteiger partial charge on any atom is -0.293 e. The average Bonchev–Trinajstić information content (AvgIpc) is 2.44. The van der Waals surface area contributed by atoms with Gasteiger partial charge in [0.25, 0.3) is 0 Å². The van der Waals surface area contributed by atoms with Crippen LogP contribution in [-0.4, -0.2) is 0 Å². The molecule has 58 valence electrons. The average molecular weight is 184 g/mol. The van der Waals surface area contributed by atoms with E-state index in [2.05, 4.69) is 12.2 Å². The van der Waals surface area contributed by atoms with Gasteiger partial charge in [-0.25, -0.2) is 24.3 Å². The van der Waals surface area contributed by atoms with Crippen LogP contribution in [-0.2, 0) is 17.4 Å². The van der Waals surface area contributed by atoms with Gasteiger partial charge in [0.2, 0.25) is 0 Å². The summed E-state index contributed by atoms with van der Waals surface area (Å²) in [7, 11) is 0. The van der Waals surface area contributed by atoms with Crippen LogP contribution in [0.2, 0.25) is 0 Å². The van der Waals surface area contributed by atoms with Crippen LogP contribution in [0.15, 0.2) is 36.5 Å². The van der Waals surface area contributed by atoms with E-state index in [-0.39, 0.29) is 17.4 Å². The smallest absolute Gasteiger partial charge is 0.293 e. The van der Waals surface area contributed by atoms with Crippen molar-refractivity contribution in [3.63, 3.8) is 0 Å². The molecule has 1 rings (SSSR count). The minimum absolute atomic E-state index is 0. The molecule has 0 atom stereocenters. The summed E-state index contributed by atoms with van der Waals surface area (Å²) in [5.41, 5.74) is 0. The molecule has 0 aromatic heterocycles. The van der Waals surface area contributed by atoms with Crippen molar-refractivity contribution in [2.45, 2.75) is 13.3 Å². The van der Waals surface area contributed by atoms with Crippen LogP contribution in [0.4, 0.5) is 0 Å². The van der Waals surface area contributed by atoms with Gasteiger partial charge in [0.05, 0.1) is 0 Å². The zero-order valence-corrected chi connectivity index (χ0v) is 7.93. The quantitative estimate of drug-likeness (QED) is 0.434. The van der Waals surface area contributed by atoms with Crippen molar-refractivity contribution in [3.8, 4) is 0 Å². The fourth-order valence-corrected chi connectivity index (χ4v) is 0.451. The Hall–Kier alpha value is -0.508.